The number of rotatable bonds is 3. The SMILES string of the molecule is CC1NCCCC1NC(=O)c1ccc([N+](=O)[O-])cc1I. The van der Waals surface area contributed by atoms with Crippen molar-refractivity contribution in [2.45, 2.75) is 31.8 Å². The summed E-state index contributed by atoms with van der Waals surface area (Å²) in [7, 11) is 0. The number of nitro groups is 1. The van der Waals surface area contributed by atoms with Crippen LogP contribution in [0.1, 0.15) is 30.1 Å². The largest absolute Gasteiger partial charge is 0.348 e. The van der Waals surface area contributed by atoms with Gasteiger partial charge in [-0.15, -0.1) is 0 Å². The summed E-state index contributed by atoms with van der Waals surface area (Å²) < 4.78 is 0.589. The van der Waals surface area contributed by atoms with Crippen molar-refractivity contribution in [2.24, 2.45) is 0 Å². The minimum Gasteiger partial charge on any atom is -0.348 e. The first-order chi connectivity index (χ1) is 9.49. The highest BCUT2D eigenvalue weighted by Gasteiger charge is 2.24. The standard InChI is InChI=1S/C13H16IN3O3/c1-8-12(3-2-6-15-8)16-13(18)10-5-4-9(17(19)20)7-11(10)14/h4-5,7-8,12,15H,2-3,6H2,1H3,(H,16,18). The molecule has 20 heavy (non-hydrogen) atoms. The van der Waals surface area contributed by atoms with Crippen molar-refractivity contribution in [3.05, 3.63) is 37.4 Å². The number of hydrogen-bond donors (Lipinski definition) is 2. The maximum Gasteiger partial charge on any atom is 0.270 e. The smallest absolute Gasteiger partial charge is 0.270 e. The summed E-state index contributed by atoms with van der Waals surface area (Å²) in [4.78, 5) is 22.5. The molecule has 1 aliphatic heterocycles. The molecule has 0 aromatic heterocycles. The second kappa shape index (κ2) is 6.49. The van der Waals surface area contributed by atoms with Crippen molar-refractivity contribution < 1.29 is 9.72 Å². The van der Waals surface area contributed by atoms with Gasteiger partial charge in [-0.3, -0.25) is 14.9 Å². The lowest BCUT2D eigenvalue weighted by Gasteiger charge is -2.30. The lowest BCUT2D eigenvalue weighted by Crippen LogP contribution is -2.52. The van der Waals surface area contributed by atoms with E-state index in [-0.39, 0.29) is 23.7 Å². The topological polar surface area (TPSA) is 84.3 Å². The van der Waals surface area contributed by atoms with Crippen LogP contribution in [0.25, 0.3) is 0 Å². The molecule has 0 radical (unpaired) electrons. The van der Waals surface area contributed by atoms with Gasteiger partial charge in [-0.25, -0.2) is 0 Å². The van der Waals surface area contributed by atoms with Crippen molar-refractivity contribution in [3.8, 4) is 0 Å². The maximum absolute atomic E-state index is 12.2. The number of piperidine rings is 1. The highest BCUT2D eigenvalue weighted by molar-refractivity contribution is 14.1. The Morgan fingerprint density at radius 2 is 2.30 bits per heavy atom. The number of non-ortho nitro benzene ring substituents is 1. The quantitative estimate of drug-likeness (QED) is 0.471. The van der Waals surface area contributed by atoms with E-state index in [0.717, 1.165) is 19.4 Å². The molecule has 1 aromatic carbocycles. The van der Waals surface area contributed by atoms with Gasteiger partial charge in [0.1, 0.15) is 0 Å². The molecule has 1 amide bonds. The van der Waals surface area contributed by atoms with Crippen LogP contribution in [-0.2, 0) is 0 Å². The Hall–Kier alpha value is -1.22. The lowest BCUT2D eigenvalue weighted by atomic mass is 9.99. The number of nitro benzene ring substituents is 1. The number of amides is 1. The highest BCUT2D eigenvalue weighted by atomic mass is 127. The summed E-state index contributed by atoms with van der Waals surface area (Å²) in [5.41, 5.74) is 0.479. The van der Waals surface area contributed by atoms with E-state index in [2.05, 4.69) is 10.6 Å². The molecule has 2 atom stereocenters. The van der Waals surface area contributed by atoms with Gasteiger partial charge in [-0.2, -0.15) is 0 Å². The van der Waals surface area contributed by atoms with Crippen molar-refractivity contribution in [1.29, 1.82) is 0 Å². The Morgan fingerprint density at radius 1 is 1.55 bits per heavy atom. The Morgan fingerprint density at radius 3 is 2.90 bits per heavy atom. The van der Waals surface area contributed by atoms with E-state index in [9.17, 15) is 14.9 Å². The fourth-order valence-electron chi connectivity index (χ4n) is 2.29. The first-order valence-electron chi connectivity index (χ1n) is 6.47. The molecule has 0 saturated carbocycles. The third-order valence-corrected chi connectivity index (χ3v) is 4.38. The molecule has 1 aromatic rings. The average molecular weight is 389 g/mol. The molecule has 0 spiro atoms. The Labute approximate surface area is 130 Å². The zero-order valence-electron chi connectivity index (χ0n) is 11.1. The summed E-state index contributed by atoms with van der Waals surface area (Å²) in [6.07, 6.45) is 1.98. The van der Waals surface area contributed by atoms with Crippen LogP contribution in [0.2, 0.25) is 0 Å². The fraction of sp³-hybridized carbons (Fsp3) is 0.462. The van der Waals surface area contributed by atoms with Crippen LogP contribution >= 0.6 is 22.6 Å². The van der Waals surface area contributed by atoms with E-state index in [1.54, 1.807) is 0 Å². The van der Waals surface area contributed by atoms with Crippen LogP contribution in [0.15, 0.2) is 18.2 Å². The summed E-state index contributed by atoms with van der Waals surface area (Å²) in [5.74, 6) is -0.176. The number of carbonyl (C=O) groups excluding carboxylic acids is 1. The third-order valence-electron chi connectivity index (χ3n) is 3.49. The average Bonchev–Trinajstić information content (AvgIpc) is 2.41. The molecule has 1 fully saturated rings. The van der Waals surface area contributed by atoms with E-state index < -0.39 is 4.92 Å². The van der Waals surface area contributed by atoms with E-state index >= 15 is 0 Å². The van der Waals surface area contributed by atoms with Crippen LogP contribution in [-0.4, -0.2) is 29.5 Å². The second-order valence-electron chi connectivity index (χ2n) is 4.89. The van der Waals surface area contributed by atoms with Gasteiger partial charge in [0.25, 0.3) is 11.6 Å². The number of nitrogens with zero attached hydrogens (tertiary/aromatic N) is 1. The Bertz CT molecular complexity index is 536. The van der Waals surface area contributed by atoms with E-state index in [1.807, 2.05) is 29.5 Å². The van der Waals surface area contributed by atoms with Crippen LogP contribution in [0.4, 0.5) is 5.69 Å². The molecule has 2 unspecified atom stereocenters. The van der Waals surface area contributed by atoms with Gasteiger partial charge >= 0.3 is 0 Å². The number of benzene rings is 1. The van der Waals surface area contributed by atoms with E-state index in [1.165, 1.54) is 18.2 Å². The zero-order chi connectivity index (χ0) is 14.7. The number of carbonyl (C=O) groups is 1. The van der Waals surface area contributed by atoms with Crippen molar-refractivity contribution >= 4 is 34.2 Å². The lowest BCUT2D eigenvalue weighted by molar-refractivity contribution is -0.384. The molecule has 0 aliphatic carbocycles. The van der Waals surface area contributed by atoms with E-state index in [4.69, 9.17) is 0 Å². The van der Waals surface area contributed by atoms with Gasteiger partial charge in [0, 0.05) is 27.8 Å². The minimum absolute atomic E-state index is 0.00125. The predicted octanol–water partition coefficient (Wildman–Crippen LogP) is 2.07. The van der Waals surface area contributed by atoms with Gasteiger partial charge in [-0.1, -0.05) is 0 Å². The Balaban J connectivity index is 2.11. The van der Waals surface area contributed by atoms with Gasteiger partial charge in [0.05, 0.1) is 10.5 Å². The van der Waals surface area contributed by atoms with Crippen LogP contribution in [0, 0.1) is 13.7 Å². The molecule has 2 N–H and O–H groups in total. The number of hydrogen-bond acceptors (Lipinski definition) is 4. The zero-order valence-corrected chi connectivity index (χ0v) is 13.2. The summed E-state index contributed by atoms with van der Waals surface area (Å²) in [5, 5.41) is 17.0. The molecule has 1 aliphatic rings. The first-order valence-corrected chi connectivity index (χ1v) is 7.55. The van der Waals surface area contributed by atoms with Crippen LogP contribution < -0.4 is 10.6 Å². The first kappa shape index (κ1) is 15.2. The molecular formula is C13H16IN3O3. The molecule has 6 nitrogen and oxygen atoms in total. The molecule has 2 rings (SSSR count). The fourth-order valence-corrected chi connectivity index (χ4v) is 3.03. The van der Waals surface area contributed by atoms with Gasteiger partial charge in [-0.05, 0) is 55.0 Å². The monoisotopic (exact) mass is 389 g/mol. The minimum atomic E-state index is -0.461. The normalized spacial score (nSPS) is 22.3. The second-order valence-corrected chi connectivity index (χ2v) is 6.05. The van der Waals surface area contributed by atoms with Gasteiger partial charge in [0.2, 0.25) is 0 Å². The maximum atomic E-state index is 12.2. The number of nitrogens with one attached hydrogen (secondary N) is 2. The number of halogens is 1. The molecule has 7 heteroatoms. The third kappa shape index (κ3) is 3.45. The van der Waals surface area contributed by atoms with Crippen molar-refractivity contribution in [1.82, 2.24) is 10.6 Å². The van der Waals surface area contributed by atoms with Gasteiger partial charge in [0.15, 0.2) is 0 Å². The van der Waals surface area contributed by atoms with Gasteiger partial charge < -0.3 is 10.6 Å². The van der Waals surface area contributed by atoms with Crippen LogP contribution in [0.5, 0.6) is 0 Å². The molecule has 1 saturated heterocycles. The summed E-state index contributed by atoms with van der Waals surface area (Å²) in [6.45, 7) is 3.02. The molecular weight excluding hydrogens is 373 g/mol. The highest BCUT2D eigenvalue weighted by Crippen LogP contribution is 2.20. The van der Waals surface area contributed by atoms with E-state index in [0.29, 0.717) is 9.13 Å². The van der Waals surface area contributed by atoms with Crippen LogP contribution in [0.3, 0.4) is 0 Å². The molecule has 0 bridgehead atoms. The summed E-state index contributed by atoms with van der Waals surface area (Å²) >= 11 is 1.95. The summed E-state index contributed by atoms with van der Waals surface area (Å²) in [6, 6.07) is 4.62. The predicted molar refractivity (Wildman–Crippen MR) is 83.8 cm³/mol. The van der Waals surface area contributed by atoms with Crippen molar-refractivity contribution in [3.63, 3.8) is 0 Å². The van der Waals surface area contributed by atoms with Crippen molar-refractivity contribution in [2.75, 3.05) is 6.54 Å². The molecule has 108 valence electrons. The molecule has 1 heterocycles. The Kier molecular flexibility index (Phi) is 4.92.